The number of rotatable bonds is 4. The molecule has 158 valence electrons. The summed E-state index contributed by atoms with van der Waals surface area (Å²) in [5, 5.41) is 4.52. The van der Waals surface area contributed by atoms with Crippen molar-refractivity contribution in [1.82, 2.24) is 0 Å². The van der Waals surface area contributed by atoms with Gasteiger partial charge in [-0.2, -0.15) is 0 Å². The van der Waals surface area contributed by atoms with Gasteiger partial charge in [0.15, 0.2) is 0 Å². The number of aliphatic imine (C=N–C) groups is 1. The summed E-state index contributed by atoms with van der Waals surface area (Å²) in [6.45, 7) is 3.74. The zero-order valence-corrected chi connectivity index (χ0v) is 18.5. The third-order valence-electron chi connectivity index (χ3n) is 5.07. The molecular weight excluding hydrogens is 437 g/mol. The van der Waals surface area contributed by atoms with Crippen LogP contribution in [0.25, 0.3) is 0 Å². The van der Waals surface area contributed by atoms with E-state index in [2.05, 4.69) is 5.32 Å². The minimum Gasteiger partial charge on any atom is -0.324 e. The van der Waals surface area contributed by atoms with Gasteiger partial charge in [0, 0.05) is 10.6 Å². The number of nitrogens with one attached hydrogen (secondary N) is 1. The lowest BCUT2D eigenvalue weighted by atomic mass is 10.1. The lowest BCUT2D eigenvalue weighted by Crippen LogP contribution is -2.38. The normalized spacial score (nSPS) is 13.5. The number of thiophene rings is 1. The molecule has 2 aromatic carbocycles. The van der Waals surface area contributed by atoms with Gasteiger partial charge in [-0.15, -0.1) is 11.3 Å². The number of nitrogens with zero attached hydrogens (tertiary/aromatic N) is 2. The van der Waals surface area contributed by atoms with Crippen molar-refractivity contribution in [2.45, 2.75) is 20.3 Å². The van der Waals surface area contributed by atoms with Crippen LogP contribution in [0.2, 0.25) is 5.02 Å². The van der Waals surface area contributed by atoms with Gasteiger partial charge in [0.2, 0.25) is 11.8 Å². The maximum Gasteiger partial charge on any atom is 0.244 e. The fraction of sp³-hybridized carbons (Fsp3) is 0.174. The summed E-state index contributed by atoms with van der Waals surface area (Å²) in [4.78, 5) is 33.0. The molecule has 1 N–H and O–H groups in total. The van der Waals surface area contributed by atoms with Gasteiger partial charge in [-0.05, 0) is 66.8 Å². The Balaban J connectivity index is 1.65. The number of halogens is 2. The highest BCUT2D eigenvalue weighted by Crippen LogP contribution is 2.36. The number of carbonyl (C=O) groups excluding carboxylic acids is 2. The maximum atomic E-state index is 13.4. The van der Waals surface area contributed by atoms with Crippen molar-refractivity contribution in [3.63, 3.8) is 0 Å². The first-order valence-corrected chi connectivity index (χ1v) is 10.9. The van der Waals surface area contributed by atoms with E-state index in [1.165, 1.54) is 34.4 Å². The van der Waals surface area contributed by atoms with E-state index in [9.17, 15) is 14.0 Å². The Labute approximate surface area is 188 Å². The molecule has 0 aliphatic carbocycles. The fourth-order valence-electron chi connectivity index (χ4n) is 3.33. The van der Waals surface area contributed by atoms with E-state index < -0.39 is 11.7 Å². The molecule has 0 bridgehead atoms. The monoisotopic (exact) mass is 455 g/mol. The van der Waals surface area contributed by atoms with Gasteiger partial charge < -0.3 is 10.2 Å². The number of carbonyl (C=O) groups is 2. The number of hydrogen-bond donors (Lipinski definition) is 1. The number of benzene rings is 2. The molecular formula is C23H19ClFN3O2S. The van der Waals surface area contributed by atoms with Crippen LogP contribution in [0, 0.1) is 19.7 Å². The zero-order chi connectivity index (χ0) is 22.1. The number of amides is 2. The summed E-state index contributed by atoms with van der Waals surface area (Å²) in [6.07, 6.45) is 0.0863. The standard InChI is InChI=1S/C23H19ClFN3O2S/c1-13-8-18-20(9-14(13)2)28(23(30)11-19(27-18)21-4-3-7-31-21)12-22(29)26-15-5-6-17(25)16(24)10-15/h3-10H,11-12H2,1-2H3,(H,26,29). The molecule has 3 aromatic rings. The number of anilines is 2. The highest BCUT2D eigenvalue weighted by Gasteiger charge is 2.27. The summed E-state index contributed by atoms with van der Waals surface area (Å²) in [5.41, 5.74) is 4.32. The van der Waals surface area contributed by atoms with Gasteiger partial charge in [0.05, 0.1) is 28.5 Å². The third kappa shape index (κ3) is 4.52. The van der Waals surface area contributed by atoms with Crippen LogP contribution in [0.5, 0.6) is 0 Å². The Bertz CT molecular complexity index is 1210. The van der Waals surface area contributed by atoms with Crippen molar-refractivity contribution >= 4 is 57.5 Å². The van der Waals surface area contributed by atoms with E-state index in [1.807, 2.05) is 43.5 Å². The first-order valence-electron chi connectivity index (χ1n) is 9.60. The average Bonchev–Trinajstić information content (AvgIpc) is 3.22. The second-order valence-corrected chi connectivity index (χ2v) is 8.65. The molecule has 5 nitrogen and oxygen atoms in total. The third-order valence-corrected chi connectivity index (χ3v) is 6.28. The van der Waals surface area contributed by atoms with E-state index in [-0.39, 0.29) is 23.9 Å². The molecule has 2 heterocycles. The molecule has 31 heavy (non-hydrogen) atoms. The Hall–Kier alpha value is -3.03. The Morgan fingerprint density at radius 3 is 2.71 bits per heavy atom. The lowest BCUT2D eigenvalue weighted by molar-refractivity contribution is -0.120. The highest BCUT2D eigenvalue weighted by molar-refractivity contribution is 7.12. The van der Waals surface area contributed by atoms with Crippen LogP contribution in [0.4, 0.5) is 21.5 Å². The minimum atomic E-state index is -0.569. The lowest BCUT2D eigenvalue weighted by Gasteiger charge is -2.23. The van der Waals surface area contributed by atoms with Crippen molar-refractivity contribution in [2.24, 2.45) is 4.99 Å². The van der Waals surface area contributed by atoms with Crippen LogP contribution < -0.4 is 10.2 Å². The molecule has 4 rings (SSSR count). The first kappa shape index (κ1) is 21.2. The molecule has 8 heteroatoms. The molecule has 2 amide bonds. The van der Waals surface area contributed by atoms with Crippen molar-refractivity contribution in [1.29, 1.82) is 0 Å². The molecule has 1 aliphatic heterocycles. The van der Waals surface area contributed by atoms with E-state index in [4.69, 9.17) is 16.6 Å². The van der Waals surface area contributed by atoms with Gasteiger partial charge in [0.1, 0.15) is 12.4 Å². The predicted molar refractivity (Wildman–Crippen MR) is 123 cm³/mol. The molecule has 0 unspecified atom stereocenters. The zero-order valence-electron chi connectivity index (χ0n) is 16.9. The SMILES string of the molecule is Cc1cc2c(cc1C)N(CC(=O)Nc1ccc(F)c(Cl)c1)C(=O)CC(c1cccs1)=N2. The quantitative estimate of drug-likeness (QED) is 0.552. The average molecular weight is 456 g/mol. The van der Waals surface area contributed by atoms with Crippen molar-refractivity contribution in [3.8, 4) is 0 Å². The van der Waals surface area contributed by atoms with E-state index in [1.54, 1.807) is 0 Å². The molecule has 0 saturated carbocycles. The summed E-state index contributed by atoms with van der Waals surface area (Å²) >= 11 is 7.31. The van der Waals surface area contributed by atoms with Gasteiger partial charge in [0.25, 0.3) is 0 Å². The molecule has 1 aliphatic rings. The fourth-order valence-corrected chi connectivity index (χ4v) is 4.22. The highest BCUT2D eigenvalue weighted by atomic mass is 35.5. The Morgan fingerprint density at radius 1 is 1.23 bits per heavy atom. The Kier molecular flexibility index (Phi) is 5.89. The van der Waals surface area contributed by atoms with Crippen LogP contribution in [0.15, 0.2) is 52.8 Å². The molecule has 0 radical (unpaired) electrons. The van der Waals surface area contributed by atoms with Gasteiger partial charge in [-0.25, -0.2) is 9.38 Å². The topological polar surface area (TPSA) is 61.8 Å². The smallest absolute Gasteiger partial charge is 0.244 e. The van der Waals surface area contributed by atoms with Gasteiger partial charge >= 0.3 is 0 Å². The second-order valence-electron chi connectivity index (χ2n) is 7.29. The number of aryl methyl sites for hydroxylation is 2. The van der Waals surface area contributed by atoms with Crippen LogP contribution in [-0.4, -0.2) is 24.1 Å². The summed E-state index contributed by atoms with van der Waals surface area (Å²) in [5.74, 6) is -1.21. The molecule has 0 saturated heterocycles. The van der Waals surface area contributed by atoms with Crippen molar-refractivity contribution in [3.05, 3.63) is 74.7 Å². The Morgan fingerprint density at radius 2 is 2.00 bits per heavy atom. The minimum absolute atomic E-state index is 0.0863. The van der Waals surface area contributed by atoms with Gasteiger partial charge in [-0.3, -0.25) is 9.59 Å². The largest absolute Gasteiger partial charge is 0.324 e. The van der Waals surface area contributed by atoms with Crippen LogP contribution in [-0.2, 0) is 9.59 Å². The van der Waals surface area contributed by atoms with E-state index >= 15 is 0 Å². The maximum absolute atomic E-state index is 13.4. The number of hydrogen-bond acceptors (Lipinski definition) is 4. The summed E-state index contributed by atoms with van der Waals surface area (Å²) < 4.78 is 13.4. The first-order chi connectivity index (χ1) is 14.8. The van der Waals surface area contributed by atoms with Crippen LogP contribution in [0.1, 0.15) is 22.4 Å². The molecule has 1 aromatic heterocycles. The molecule has 0 spiro atoms. The molecule has 0 fully saturated rings. The summed E-state index contributed by atoms with van der Waals surface area (Å²) in [6, 6.07) is 11.6. The van der Waals surface area contributed by atoms with E-state index in [0.717, 1.165) is 16.0 Å². The van der Waals surface area contributed by atoms with Crippen molar-refractivity contribution in [2.75, 3.05) is 16.8 Å². The predicted octanol–water partition coefficient (Wildman–Crippen LogP) is 5.65. The van der Waals surface area contributed by atoms with Crippen LogP contribution >= 0.6 is 22.9 Å². The second kappa shape index (κ2) is 8.61. The van der Waals surface area contributed by atoms with E-state index in [0.29, 0.717) is 22.8 Å². The number of fused-ring (bicyclic) bond motifs is 1. The van der Waals surface area contributed by atoms with Crippen LogP contribution in [0.3, 0.4) is 0 Å². The summed E-state index contributed by atoms with van der Waals surface area (Å²) in [7, 11) is 0. The van der Waals surface area contributed by atoms with Crippen molar-refractivity contribution < 1.29 is 14.0 Å². The molecule has 0 atom stereocenters. The van der Waals surface area contributed by atoms with Gasteiger partial charge in [-0.1, -0.05) is 17.7 Å².